The maximum Gasteiger partial charge on any atom is 0.215 e. The second kappa shape index (κ2) is 8.25. The quantitative estimate of drug-likeness (QED) is 0.819. The summed E-state index contributed by atoms with van der Waals surface area (Å²) in [6.45, 7) is 2.52. The van der Waals surface area contributed by atoms with Crippen LogP contribution in [0.15, 0.2) is 47.2 Å². The summed E-state index contributed by atoms with van der Waals surface area (Å²) in [5.74, 6) is 0.0319. The maximum absolute atomic E-state index is 12.4. The van der Waals surface area contributed by atoms with Gasteiger partial charge in [-0.1, -0.05) is 36.8 Å². The summed E-state index contributed by atoms with van der Waals surface area (Å²) in [5, 5.41) is 4.19. The van der Waals surface area contributed by atoms with Crippen molar-refractivity contribution in [1.29, 1.82) is 0 Å². The van der Waals surface area contributed by atoms with Crippen LogP contribution in [0.5, 0.6) is 0 Å². The van der Waals surface area contributed by atoms with Crippen LogP contribution in [0.1, 0.15) is 36.4 Å². The first kappa shape index (κ1) is 17.6. The molecule has 1 aliphatic rings. The van der Waals surface area contributed by atoms with Crippen LogP contribution in [0, 0.1) is 0 Å². The minimum atomic E-state index is -3.33. The van der Waals surface area contributed by atoms with Crippen LogP contribution in [-0.4, -0.2) is 33.0 Å². The molecule has 0 aliphatic carbocycles. The van der Waals surface area contributed by atoms with E-state index >= 15 is 0 Å². The van der Waals surface area contributed by atoms with E-state index in [1.165, 1.54) is 24.8 Å². The van der Waals surface area contributed by atoms with Crippen molar-refractivity contribution >= 4 is 21.4 Å². The average molecular weight is 365 g/mol. The number of thiophene rings is 1. The molecule has 1 aliphatic heterocycles. The number of sulfonamides is 1. The number of nitrogens with one attached hydrogen (secondary N) is 1. The molecule has 1 N–H and O–H groups in total. The molecule has 0 bridgehead atoms. The van der Waals surface area contributed by atoms with Crippen molar-refractivity contribution in [3.63, 3.8) is 0 Å². The number of piperidine rings is 1. The summed E-state index contributed by atoms with van der Waals surface area (Å²) in [7, 11) is -3.33. The van der Waals surface area contributed by atoms with Gasteiger partial charge in [-0.25, -0.2) is 13.1 Å². The molecule has 1 aromatic carbocycles. The highest BCUT2D eigenvalue weighted by atomic mass is 32.2. The Kier molecular flexibility index (Phi) is 6.05. The lowest BCUT2D eigenvalue weighted by molar-refractivity contribution is 0.165. The van der Waals surface area contributed by atoms with E-state index in [4.69, 9.17) is 0 Å². The van der Waals surface area contributed by atoms with Gasteiger partial charge in [0.15, 0.2) is 0 Å². The molecule has 0 amide bonds. The largest absolute Gasteiger partial charge is 0.295 e. The van der Waals surface area contributed by atoms with E-state index in [0.717, 1.165) is 18.7 Å². The Morgan fingerprint density at radius 1 is 1.08 bits per heavy atom. The third-order valence-corrected chi connectivity index (χ3v) is 6.48. The molecule has 1 aromatic heterocycles. The van der Waals surface area contributed by atoms with Gasteiger partial charge in [-0.2, -0.15) is 11.3 Å². The molecule has 2 aromatic rings. The van der Waals surface area contributed by atoms with Crippen LogP contribution < -0.4 is 4.72 Å². The lowest BCUT2D eigenvalue weighted by Crippen LogP contribution is -2.40. The molecule has 130 valence electrons. The fourth-order valence-electron chi connectivity index (χ4n) is 3.20. The third-order valence-electron chi connectivity index (χ3n) is 4.46. The van der Waals surface area contributed by atoms with E-state index in [9.17, 15) is 8.42 Å². The predicted octanol–water partition coefficient (Wildman–Crippen LogP) is 3.39. The molecule has 1 atom stereocenters. The topological polar surface area (TPSA) is 49.4 Å². The molecular weight excluding hydrogens is 340 g/mol. The number of benzene rings is 1. The Bertz CT molecular complexity index is 709. The zero-order valence-corrected chi connectivity index (χ0v) is 15.4. The van der Waals surface area contributed by atoms with E-state index in [2.05, 4.69) is 26.4 Å². The first-order chi connectivity index (χ1) is 11.6. The van der Waals surface area contributed by atoms with Crippen LogP contribution in [0.25, 0.3) is 0 Å². The van der Waals surface area contributed by atoms with Gasteiger partial charge < -0.3 is 0 Å². The van der Waals surface area contributed by atoms with Gasteiger partial charge >= 0.3 is 0 Å². The first-order valence-electron chi connectivity index (χ1n) is 8.41. The van der Waals surface area contributed by atoms with Crippen molar-refractivity contribution in [2.75, 3.05) is 19.6 Å². The predicted molar refractivity (Wildman–Crippen MR) is 99.6 cm³/mol. The highest BCUT2D eigenvalue weighted by Gasteiger charge is 2.24. The highest BCUT2D eigenvalue weighted by molar-refractivity contribution is 7.88. The summed E-state index contributed by atoms with van der Waals surface area (Å²) in [5.41, 5.74) is 2.03. The Morgan fingerprint density at radius 2 is 1.83 bits per heavy atom. The minimum Gasteiger partial charge on any atom is -0.295 e. The molecule has 24 heavy (non-hydrogen) atoms. The lowest BCUT2D eigenvalue weighted by Gasteiger charge is -2.34. The van der Waals surface area contributed by atoms with Gasteiger partial charge in [0, 0.05) is 12.6 Å². The molecule has 1 saturated heterocycles. The molecule has 0 radical (unpaired) electrons. The van der Waals surface area contributed by atoms with E-state index in [1.54, 1.807) is 11.3 Å². The summed E-state index contributed by atoms with van der Waals surface area (Å²) >= 11 is 1.66. The van der Waals surface area contributed by atoms with Gasteiger partial charge in [0.25, 0.3) is 0 Å². The average Bonchev–Trinajstić information content (AvgIpc) is 3.11. The van der Waals surface area contributed by atoms with Crippen molar-refractivity contribution in [2.45, 2.75) is 31.1 Å². The van der Waals surface area contributed by atoms with Gasteiger partial charge in [-0.05, 0) is 53.9 Å². The van der Waals surface area contributed by atoms with Gasteiger partial charge in [0.05, 0.1) is 5.75 Å². The zero-order valence-electron chi connectivity index (χ0n) is 13.7. The van der Waals surface area contributed by atoms with Gasteiger partial charge in [0.2, 0.25) is 10.0 Å². The van der Waals surface area contributed by atoms with Crippen LogP contribution in [0.4, 0.5) is 0 Å². The van der Waals surface area contributed by atoms with Crippen LogP contribution in [-0.2, 0) is 15.8 Å². The zero-order chi connectivity index (χ0) is 16.8. The highest BCUT2D eigenvalue weighted by Crippen LogP contribution is 2.26. The summed E-state index contributed by atoms with van der Waals surface area (Å²) in [6, 6.07) is 11.6. The third kappa shape index (κ3) is 4.89. The minimum absolute atomic E-state index is 0.0319. The fourth-order valence-corrected chi connectivity index (χ4v) is 5.06. The monoisotopic (exact) mass is 364 g/mol. The Balaban J connectivity index is 1.66. The molecule has 0 saturated carbocycles. The van der Waals surface area contributed by atoms with Crippen LogP contribution in [0.2, 0.25) is 0 Å². The molecule has 0 spiro atoms. The molecule has 2 heterocycles. The van der Waals surface area contributed by atoms with E-state index in [1.807, 2.05) is 30.3 Å². The van der Waals surface area contributed by atoms with Gasteiger partial charge in [0.1, 0.15) is 0 Å². The SMILES string of the molecule is O=S(=O)(Cc1ccccc1)NCC(c1ccsc1)N1CCCCC1. The van der Waals surface area contributed by atoms with E-state index in [0.29, 0.717) is 6.54 Å². The number of rotatable bonds is 7. The second-order valence-electron chi connectivity index (χ2n) is 6.26. The smallest absolute Gasteiger partial charge is 0.215 e. The standard InChI is InChI=1S/C18H24N2O2S2/c21-24(22,15-16-7-3-1-4-8-16)19-13-18(17-9-12-23-14-17)20-10-5-2-6-11-20/h1,3-4,7-9,12,14,18-19H,2,5-6,10-11,13,15H2. The number of likely N-dealkylation sites (tertiary alicyclic amines) is 1. The van der Waals surface area contributed by atoms with Crippen molar-refractivity contribution in [2.24, 2.45) is 0 Å². The summed E-state index contributed by atoms with van der Waals surface area (Å²) in [4.78, 5) is 2.41. The van der Waals surface area contributed by atoms with E-state index in [-0.39, 0.29) is 11.8 Å². The molecule has 6 heteroatoms. The molecular formula is C18H24N2O2S2. The number of nitrogens with zero attached hydrogens (tertiary/aromatic N) is 1. The Hall–Kier alpha value is -1.21. The Labute approximate surface area is 148 Å². The summed E-state index contributed by atoms with van der Waals surface area (Å²) < 4.78 is 27.7. The first-order valence-corrected chi connectivity index (χ1v) is 11.0. The maximum atomic E-state index is 12.4. The van der Waals surface area contributed by atoms with Crippen molar-refractivity contribution in [3.8, 4) is 0 Å². The molecule has 1 fully saturated rings. The second-order valence-corrected chi connectivity index (χ2v) is 8.85. The van der Waals surface area contributed by atoms with Crippen molar-refractivity contribution in [3.05, 3.63) is 58.3 Å². The van der Waals surface area contributed by atoms with E-state index < -0.39 is 10.0 Å². The molecule has 4 nitrogen and oxygen atoms in total. The molecule has 1 unspecified atom stereocenters. The van der Waals surface area contributed by atoms with Gasteiger partial charge in [-0.15, -0.1) is 0 Å². The molecule has 3 rings (SSSR count). The van der Waals surface area contributed by atoms with Crippen LogP contribution in [0.3, 0.4) is 0 Å². The van der Waals surface area contributed by atoms with Crippen molar-refractivity contribution < 1.29 is 8.42 Å². The lowest BCUT2D eigenvalue weighted by atomic mass is 10.0. The van der Waals surface area contributed by atoms with Gasteiger partial charge in [-0.3, -0.25) is 4.90 Å². The number of hydrogen-bond acceptors (Lipinski definition) is 4. The normalized spacial score (nSPS) is 17.7. The fraction of sp³-hybridized carbons (Fsp3) is 0.444. The Morgan fingerprint density at radius 3 is 2.50 bits per heavy atom. The summed E-state index contributed by atoms with van der Waals surface area (Å²) in [6.07, 6.45) is 3.65. The van der Waals surface area contributed by atoms with Crippen LogP contribution >= 0.6 is 11.3 Å². The number of hydrogen-bond donors (Lipinski definition) is 1. The van der Waals surface area contributed by atoms with Crippen molar-refractivity contribution in [1.82, 2.24) is 9.62 Å².